The molecule has 0 fully saturated rings. The first-order valence-corrected chi connectivity index (χ1v) is 4.92. The Balaban J connectivity index is 2.66. The van der Waals surface area contributed by atoms with Gasteiger partial charge in [0.15, 0.2) is 0 Å². The predicted octanol–water partition coefficient (Wildman–Crippen LogP) is 2.43. The summed E-state index contributed by atoms with van der Waals surface area (Å²) in [4.78, 5) is 14.4. The van der Waals surface area contributed by atoms with Crippen molar-refractivity contribution >= 4 is 28.0 Å². The molecule has 4 heteroatoms. The summed E-state index contributed by atoms with van der Waals surface area (Å²) in [7, 11) is 0. The summed E-state index contributed by atoms with van der Waals surface area (Å²) in [6, 6.07) is 9.23. The first-order valence-electron chi connectivity index (χ1n) is 4.54. The van der Waals surface area contributed by atoms with Crippen molar-refractivity contribution in [1.29, 1.82) is 0 Å². The van der Waals surface area contributed by atoms with Crippen molar-refractivity contribution in [2.45, 2.75) is 0 Å². The minimum absolute atomic E-state index is 0.148. The maximum atomic E-state index is 11.6. The standard InChI is InChI=1S/C11H7ClN2O/c12-7-3-4-8-9(6-7)13-11(15)14-5-1-2-10(8)14/h1-6H,(H,13,15). The fourth-order valence-corrected chi connectivity index (χ4v) is 1.97. The lowest BCUT2D eigenvalue weighted by Crippen LogP contribution is -2.14. The number of halogens is 1. The molecular formula is C11H7ClN2O. The number of nitrogens with one attached hydrogen (secondary N) is 1. The molecule has 3 nitrogen and oxygen atoms in total. The highest BCUT2D eigenvalue weighted by Gasteiger charge is 2.03. The van der Waals surface area contributed by atoms with E-state index in [4.69, 9.17) is 11.6 Å². The molecule has 2 heterocycles. The first kappa shape index (κ1) is 8.56. The second kappa shape index (κ2) is 2.87. The number of aromatic amines is 1. The second-order valence-electron chi connectivity index (χ2n) is 3.38. The van der Waals surface area contributed by atoms with Crippen LogP contribution >= 0.6 is 11.6 Å². The molecule has 0 aliphatic carbocycles. The molecule has 0 spiro atoms. The molecule has 0 atom stereocenters. The van der Waals surface area contributed by atoms with Crippen LogP contribution < -0.4 is 5.69 Å². The molecule has 0 aliphatic rings. The van der Waals surface area contributed by atoms with Crippen LogP contribution in [0.5, 0.6) is 0 Å². The molecule has 2 aromatic heterocycles. The van der Waals surface area contributed by atoms with Crippen LogP contribution in [0.4, 0.5) is 0 Å². The predicted molar refractivity (Wildman–Crippen MR) is 60.5 cm³/mol. The summed E-state index contributed by atoms with van der Waals surface area (Å²) >= 11 is 5.87. The minimum Gasteiger partial charge on any atom is -0.307 e. The highest BCUT2D eigenvalue weighted by Crippen LogP contribution is 2.20. The molecule has 0 saturated carbocycles. The van der Waals surface area contributed by atoms with Crippen LogP contribution in [0.15, 0.2) is 41.3 Å². The number of hydrogen-bond donors (Lipinski definition) is 1. The van der Waals surface area contributed by atoms with Gasteiger partial charge in [-0.2, -0.15) is 0 Å². The largest absolute Gasteiger partial charge is 0.330 e. The van der Waals surface area contributed by atoms with E-state index in [-0.39, 0.29) is 5.69 Å². The highest BCUT2D eigenvalue weighted by molar-refractivity contribution is 6.31. The molecule has 1 N–H and O–H groups in total. The van der Waals surface area contributed by atoms with E-state index in [1.54, 1.807) is 16.7 Å². The number of hydrogen-bond acceptors (Lipinski definition) is 1. The summed E-state index contributed by atoms with van der Waals surface area (Å²) in [6.07, 6.45) is 1.74. The van der Waals surface area contributed by atoms with E-state index in [0.29, 0.717) is 5.02 Å². The summed E-state index contributed by atoms with van der Waals surface area (Å²) in [6.45, 7) is 0. The number of aromatic nitrogens is 2. The SMILES string of the molecule is O=c1[nH]c2cc(Cl)ccc2c2cccn12. The third-order valence-electron chi connectivity index (χ3n) is 2.47. The number of H-pyrrole nitrogens is 1. The van der Waals surface area contributed by atoms with Gasteiger partial charge in [0, 0.05) is 16.6 Å². The average Bonchev–Trinajstić information content (AvgIpc) is 2.66. The van der Waals surface area contributed by atoms with Crippen LogP contribution in [0.25, 0.3) is 16.4 Å². The van der Waals surface area contributed by atoms with E-state index in [2.05, 4.69) is 4.98 Å². The van der Waals surface area contributed by atoms with Crippen molar-refractivity contribution in [3.05, 3.63) is 52.0 Å². The Hall–Kier alpha value is -1.74. The van der Waals surface area contributed by atoms with Gasteiger partial charge in [-0.15, -0.1) is 0 Å². The zero-order valence-electron chi connectivity index (χ0n) is 7.70. The lowest BCUT2D eigenvalue weighted by atomic mass is 10.2. The fourth-order valence-electron chi connectivity index (χ4n) is 1.80. The average molecular weight is 219 g/mol. The Labute approximate surface area is 89.9 Å². The molecule has 0 unspecified atom stereocenters. The summed E-state index contributed by atoms with van der Waals surface area (Å²) in [5, 5.41) is 1.61. The lowest BCUT2D eigenvalue weighted by molar-refractivity contribution is 1.04. The van der Waals surface area contributed by atoms with Gasteiger partial charge in [0.25, 0.3) is 0 Å². The van der Waals surface area contributed by atoms with Gasteiger partial charge in [0.05, 0.1) is 11.0 Å². The van der Waals surface area contributed by atoms with E-state index in [1.807, 2.05) is 24.3 Å². The monoisotopic (exact) mass is 218 g/mol. The molecule has 15 heavy (non-hydrogen) atoms. The third-order valence-corrected chi connectivity index (χ3v) is 2.70. The Morgan fingerprint density at radius 2 is 2.13 bits per heavy atom. The van der Waals surface area contributed by atoms with Gasteiger partial charge in [-0.3, -0.25) is 4.40 Å². The van der Waals surface area contributed by atoms with E-state index in [9.17, 15) is 4.79 Å². The van der Waals surface area contributed by atoms with Gasteiger partial charge in [-0.25, -0.2) is 4.79 Å². The zero-order chi connectivity index (χ0) is 10.4. The van der Waals surface area contributed by atoms with Crippen LogP contribution in [0, 0.1) is 0 Å². The Morgan fingerprint density at radius 3 is 3.00 bits per heavy atom. The normalized spacial score (nSPS) is 11.3. The topological polar surface area (TPSA) is 37.3 Å². The molecule has 0 radical (unpaired) electrons. The smallest absolute Gasteiger partial charge is 0.307 e. The minimum atomic E-state index is -0.148. The number of nitrogens with zero attached hydrogens (tertiary/aromatic N) is 1. The van der Waals surface area contributed by atoms with Crippen molar-refractivity contribution < 1.29 is 0 Å². The molecule has 3 rings (SSSR count). The van der Waals surface area contributed by atoms with Crippen molar-refractivity contribution in [3.8, 4) is 0 Å². The molecule has 3 aromatic rings. The molecule has 0 saturated heterocycles. The van der Waals surface area contributed by atoms with Crippen molar-refractivity contribution in [3.63, 3.8) is 0 Å². The van der Waals surface area contributed by atoms with E-state index in [1.165, 1.54) is 0 Å². The number of benzene rings is 1. The lowest BCUT2D eigenvalue weighted by Gasteiger charge is -2.01. The molecule has 0 bridgehead atoms. The number of fused-ring (bicyclic) bond motifs is 3. The Morgan fingerprint density at radius 1 is 1.27 bits per heavy atom. The highest BCUT2D eigenvalue weighted by atomic mass is 35.5. The van der Waals surface area contributed by atoms with Gasteiger partial charge in [0.1, 0.15) is 0 Å². The van der Waals surface area contributed by atoms with E-state index >= 15 is 0 Å². The summed E-state index contributed by atoms with van der Waals surface area (Å²) in [5.74, 6) is 0. The third kappa shape index (κ3) is 1.17. The van der Waals surface area contributed by atoms with E-state index in [0.717, 1.165) is 16.4 Å². The van der Waals surface area contributed by atoms with Crippen molar-refractivity contribution in [2.75, 3.05) is 0 Å². The van der Waals surface area contributed by atoms with Gasteiger partial charge >= 0.3 is 5.69 Å². The van der Waals surface area contributed by atoms with E-state index < -0.39 is 0 Å². The quantitative estimate of drug-likeness (QED) is 0.618. The summed E-state index contributed by atoms with van der Waals surface area (Å²) in [5.41, 5.74) is 1.51. The molecule has 1 aromatic carbocycles. The summed E-state index contributed by atoms with van der Waals surface area (Å²) < 4.78 is 1.58. The van der Waals surface area contributed by atoms with Gasteiger partial charge in [-0.05, 0) is 30.3 Å². The fraction of sp³-hybridized carbons (Fsp3) is 0. The van der Waals surface area contributed by atoms with Crippen LogP contribution in [-0.4, -0.2) is 9.38 Å². The van der Waals surface area contributed by atoms with Crippen LogP contribution in [0.3, 0.4) is 0 Å². The maximum Gasteiger partial charge on any atom is 0.330 e. The van der Waals surface area contributed by atoms with Crippen molar-refractivity contribution in [1.82, 2.24) is 9.38 Å². The second-order valence-corrected chi connectivity index (χ2v) is 3.82. The zero-order valence-corrected chi connectivity index (χ0v) is 8.45. The van der Waals surface area contributed by atoms with Gasteiger partial charge in [0.2, 0.25) is 0 Å². The van der Waals surface area contributed by atoms with Gasteiger partial charge < -0.3 is 4.98 Å². The number of rotatable bonds is 0. The Kier molecular flexibility index (Phi) is 1.64. The Bertz CT molecular complexity index is 711. The van der Waals surface area contributed by atoms with Crippen molar-refractivity contribution in [2.24, 2.45) is 0 Å². The molecule has 74 valence electrons. The maximum absolute atomic E-state index is 11.6. The van der Waals surface area contributed by atoms with Crippen LogP contribution in [0.1, 0.15) is 0 Å². The van der Waals surface area contributed by atoms with Crippen LogP contribution in [-0.2, 0) is 0 Å². The molecule has 0 amide bonds. The van der Waals surface area contributed by atoms with Gasteiger partial charge in [-0.1, -0.05) is 11.6 Å². The molecule has 0 aliphatic heterocycles. The van der Waals surface area contributed by atoms with Crippen LogP contribution in [0.2, 0.25) is 5.02 Å². The first-order chi connectivity index (χ1) is 7.25. The molecular weight excluding hydrogens is 212 g/mol.